The van der Waals surface area contributed by atoms with Gasteiger partial charge in [0.1, 0.15) is 5.82 Å². The van der Waals surface area contributed by atoms with Crippen molar-refractivity contribution in [3.63, 3.8) is 0 Å². The molecular weight excluding hydrogens is 200 g/mol. The topological polar surface area (TPSA) is 48.0 Å². The number of hydrogen-bond acceptors (Lipinski definition) is 2. The van der Waals surface area contributed by atoms with Gasteiger partial charge in [-0.25, -0.2) is 0 Å². The maximum atomic E-state index is 9.13. The first kappa shape index (κ1) is 11.0. The van der Waals surface area contributed by atoms with Crippen molar-refractivity contribution in [3.8, 4) is 0 Å². The second kappa shape index (κ2) is 5.03. The number of aromatic amines is 1. The van der Waals surface area contributed by atoms with Crippen LogP contribution in [0.3, 0.4) is 0 Å². The minimum absolute atomic E-state index is 0.204. The van der Waals surface area contributed by atoms with Crippen LogP contribution in [0.5, 0.6) is 0 Å². The zero-order valence-corrected chi connectivity index (χ0v) is 9.53. The van der Waals surface area contributed by atoms with E-state index in [0.29, 0.717) is 0 Å². The molecule has 2 aromatic rings. The van der Waals surface area contributed by atoms with Gasteiger partial charge in [-0.1, -0.05) is 18.2 Å². The summed E-state index contributed by atoms with van der Waals surface area (Å²) in [6.45, 7) is 2.71. The monoisotopic (exact) mass is 218 g/mol. The second-order valence-electron chi connectivity index (χ2n) is 4.19. The van der Waals surface area contributed by atoms with E-state index in [1.165, 1.54) is 5.39 Å². The zero-order chi connectivity index (χ0) is 11.4. The molecule has 0 bridgehead atoms. The Morgan fingerprint density at radius 3 is 2.94 bits per heavy atom. The van der Waals surface area contributed by atoms with E-state index in [4.69, 9.17) is 5.11 Å². The molecular formula is C13H18N2O. The molecule has 16 heavy (non-hydrogen) atoms. The molecule has 3 nitrogen and oxygen atoms in total. The molecule has 0 saturated carbocycles. The van der Waals surface area contributed by atoms with Crippen LogP contribution in [-0.4, -0.2) is 22.7 Å². The van der Waals surface area contributed by atoms with Crippen LogP contribution in [0.15, 0.2) is 30.3 Å². The van der Waals surface area contributed by atoms with Gasteiger partial charge >= 0.3 is 0 Å². The molecule has 1 atom stereocenters. The van der Waals surface area contributed by atoms with Gasteiger partial charge in [-0.3, -0.25) is 0 Å². The summed E-state index contributed by atoms with van der Waals surface area (Å²) in [6, 6.07) is 10.3. The molecule has 0 aliphatic carbocycles. The minimum Gasteiger partial charge on any atom is -0.393 e. The number of aliphatic hydroxyl groups excluding tert-OH is 1. The van der Waals surface area contributed by atoms with E-state index in [1.807, 2.05) is 19.1 Å². The third-order valence-corrected chi connectivity index (χ3v) is 2.64. The SMILES string of the molecule is CC(O)CCCNc1cc2ccccc2[nH]1. The number of hydrogen-bond donors (Lipinski definition) is 3. The van der Waals surface area contributed by atoms with Gasteiger partial charge in [0.15, 0.2) is 0 Å². The Kier molecular flexibility index (Phi) is 3.47. The summed E-state index contributed by atoms with van der Waals surface area (Å²) in [7, 11) is 0. The number of rotatable bonds is 5. The largest absolute Gasteiger partial charge is 0.393 e. The Morgan fingerprint density at radius 2 is 2.19 bits per heavy atom. The molecule has 0 aliphatic rings. The van der Waals surface area contributed by atoms with Gasteiger partial charge in [-0.15, -0.1) is 0 Å². The van der Waals surface area contributed by atoms with E-state index in [0.717, 1.165) is 30.7 Å². The Morgan fingerprint density at radius 1 is 1.38 bits per heavy atom. The zero-order valence-electron chi connectivity index (χ0n) is 9.53. The maximum Gasteiger partial charge on any atom is 0.104 e. The number of aliphatic hydroxyl groups is 1. The lowest BCUT2D eigenvalue weighted by Crippen LogP contribution is -2.06. The van der Waals surface area contributed by atoms with E-state index >= 15 is 0 Å². The fraction of sp³-hybridized carbons (Fsp3) is 0.385. The van der Waals surface area contributed by atoms with E-state index in [1.54, 1.807) is 0 Å². The molecule has 1 unspecified atom stereocenters. The van der Waals surface area contributed by atoms with Crippen molar-refractivity contribution >= 4 is 16.7 Å². The third kappa shape index (κ3) is 2.76. The van der Waals surface area contributed by atoms with Crippen LogP contribution in [0.4, 0.5) is 5.82 Å². The molecule has 86 valence electrons. The molecule has 0 spiro atoms. The summed E-state index contributed by atoms with van der Waals surface area (Å²) >= 11 is 0. The van der Waals surface area contributed by atoms with Gasteiger partial charge in [0.25, 0.3) is 0 Å². The van der Waals surface area contributed by atoms with E-state index in [9.17, 15) is 0 Å². The predicted molar refractivity (Wildman–Crippen MR) is 67.7 cm³/mol. The van der Waals surface area contributed by atoms with Gasteiger partial charge in [0, 0.05) is 17.4 Å². The van der Waals surface area contributed by atoms with Crippen molar-refractivity contribution in [1.82, 2.24) is 4.98 Å². The van der Waals surface area contributed by atoms with Gasteiger partial charge in [0.2, 0.25) is 0 Å². The quantitative estimate of drug-likeness (QED) is 0.676. The highest BCUT2D eigenvalue weighted by Crippen LogP contribution is 2.17. The first-order chi connectivity index (χ1) is 7.75. The highest BCUT2D eigenvalue weighted by Gasteiger charge is 1.99. The standard InChI is InChI=1S/C13H18N2O/c1-10(16)5-4-8-14-13-9-11-6-2-3-7-12(11)15-13/h2-3,6-7,9-10,14-16H,4-5,8H2,1H3. The smallest absolute Gasteiger partial charge is 0.104 e. The first-order valence-corrected chi connectivity index (χ1v) is 5.75. The molecule has 0 saturated heterocycles. The fourth-order valence-corrected chi connectivity index (χ4v) is 1.79. The predicted octanol–water partition coefficient (Wildman–Crippen LogP) is 2.74. The third-order valence-electron chi connectivity index (χ3n) is 2.64. The molecule has 1 heterocycles. The molecule has 0 amide bonds. The first-order valence-electron chi connectivity index (χ1n) is 5.75. The summed E-state index contributed by atoms with van der Waals surface area (Å²) < 4.78 is 0. The van der Waals surface area contributed by atoms with Gasteiger partial charge in [-0.2, -0.15) is 0 Å². The van der Waals surface area contributed by atoms with Crippen LogP contribution < -0.4 is 5.32 Å². The number of benzene rings is 1. The summed E-state index contributed by atoms with van der Waals surface area (Å²) in [4.78, 5) is 3.31. The number of H-pyrrole nitrogens is 1. The van der Waals surface area contributed by atoms with Crippen molar-refractivity contribution < 1.29 is 5.11 Å². The van der Waals surface area contributed by atoms with Crippen molar-refractivity contribution in [3.05, 3.63) is 30.3 Å². The van der Waals surface area contributed by atoms with E-state index in [2.05, 4.69) is 28.5 Å². The second-order valence-corrected chi connectivity index (χ2v) is 4.19. The van der Waals surface area contributed by atoms with Crippen LogP contribution in [0.25, 0.3) is 10.9 Å². The van der Waals surface area contributed by atoms with Crippen LogP contribution in [0, 0.1) is 0 Å². The summed E-state index contributed by atoms with van der Waals surface area (Å²) in [6.07, 6.45) is 1.62. The van der Waals surface area contributed by atoms with E-state index in [-0.39, 0.29) is 6.10 Å². The van der Waals surface area contributed by atoms with Gasteiger partial charge < -0.3 is 15.4 Å². The number of anilines is 1. The van der Waals surface area contributed by atoms with Gasteiger partial charge in [-0.05, 0) is 31.9 Å². The maximum absolute atomic E-state index is 9.13. The summed E-state index contributed by atoms with van der Waals surface area (Å²) in [5, 5.41) is 13.7. The number of para-hydroxylation sites is 1. The molecule has 1 aromatic heterocycles. The van der Waals surface area contributed by atoms with Gasteiger partial charge in [0.05, 0.1) is 6.10 Å². The van der Waals surface area contributed by atoms with Crippen molar-refractivity contribution in [2.24, 2.45) is 0 Å². The van der Waals surface area contributed by atoms with Crippen molar-refractivity contribution in [1.29, 1.82) is 0 Å². The van der Waals surface area contributed by atoms with E-state index < -0.39 is 0 Å². The Bertz CT molecular complexity index is 415. The summed E-state index contributed by atoms with van der Waals surface area (Å²) in [5.74, 6) is 1.05. The lowest BCUT2D eigenvalue weighted by atomic mass is 10.2. The molecule has 1 aromatic carbocycles. The average Bonchev–Trinajstić information content (AvgIpc) is 2.66. The molecule has 0 fully saturated rings. The number of aromatic nitrogens is 1. The average molecular weight is 218 g/mol. The lowest BCUT2D eigenvalue weighted by Gasteiger charge is -2.05. The lowest BCUT2D eigenvalue weighted by molar-refractivity contribution is 0.183. The van der Waals surface area contributed by atoms with Crippen molar-refractivity contribution in [2.75, 3.05) is 11.9 Å². The number of nitrogens with one attached hydrogen (secondary N) is 2. The summed E-state index contributed by atoms with van der Waals surface area (Å²) in [5.41, 5.74) is 1.15. The van der Waals surface area contributed by atoms with Crippen LogP contribution >= 0.6 is 0 Å². The molecule has 3 N–H and O–H groups in total. The highest BCUT2D eigenvalue weighted by atomic mass is 16.3. The highest BCUT2D eigenvalue weighted by molar-refractivity contribution is 5.83. The normalized spacial score (nSPS) is 12.9. The van der Waals surface area contributed by atoms with Crippen molar-refractivity contribution in [2.45, 2.75) is 25.9 Å². The van der Waals surface area contributed by atoms with Crippen LogP contribution in [0.2, 0.25) is 0 Å². The Labute approximate surface area is 95.5 Å². The molecule has 0 aliphatic heterocycles. The minimum atomic E-state index is -0.204. The fourth-order valence-electron chi connectivity index (χ4n) is 1.79. The molecule has 3 heteroatoms. The Balaban J connectivity index is 1.89. The van der Waals surface area contributed by atoms with Crippen LogP contribution in [-0.2, 0) is 0 Å². The molecule has 2 rings (SSSR count). The Hall–Kier alpha value is -1.48. The number of fused-ring (bicyclic) bond motifs is 1. The molecule has 0 radical (unpaired) electrons. The van der Waals surface area contributed by atoms with Crippen LogP contribution in [0.1, 0.15) is 19.8 Å².